The normalized spacial score (nSPS) is 11.1. The Balaban J connectivity index is 1.80. The highest BCUT2D eigenvalue weighted by molar-refractivity contribution is 7.99. The third kappa shape index (κ3) is 7.15. The molecule has 9 heteroatoms. The maximum Gasteiger partial charge on any atom is 0.418 e. The third-order valence-electron chi connectivity index (χ3n) is 3.24. The molecule has 4 nitrogen and oxygen atoms in total. The first-order valence-corrected chi connectivity index (χ1v) is 9.12. The Morgan fingerprint density at radius 1 is 1.11 bits per heavy atom. The maximum absolute atomic E-state index is 13.0. The van der Waals surface area contributed by atoms with E-state index in [1.807, 2.05) is 30.3 Å². The van der Waals surface area contributed by atoms with Gasteiger partial charge in [-0.15, -0.1) is 11.8 Å². The number of carbonyl (C=O) groups excluding carboxylic acids is 2. The minimum absolute atomic E-state index is 0.0710. The highest BCUT2D eigenvalue weighted by atomic mass is 35.5. The molecule has 144 valence electrons. The quantitative estimate of drug-likeness (QED) is 0.507. The van der Waals surface area contributed by atoms with Crippen LogP contribution in [0.25, 0.3) is 0 Å². The minimum atomic E-state index is -4.68. The monoisotopic (exact) mass is 417 g/mol. The van der Waals surface area contributed by atoms with Gasteiger partial charge in [0.1, 0.15) is 0 Å². The number of alkyl halides is 3. The van der Waals surface area contributed by atoms with Crippen LogP contribution in [-0.2, 0) is 20.5 Å². The van der Waals surface area contributed by atoms with Crippen molar-refractivity contribution in [3.63, 3.8) is 0 Å². The van der Waals surface area contributed by atoms with Crippen LogP contribution in [0.3, 0.4) is 0 Å². The smallest absolute Gasteiger partial charge is 0.418 e. The lowest BCUT2D eigenvalue weighted by molar-refractivity contribution is -0.147. The minimum Gasteiger partial charge on any atom is -0.456 e. The van der Waals surface area contributed by atoms with E-state index in [4.69, 9.17) is 16.3 Å². The Labute approximate surface area is 163 Å². The summed E-state index contributed by atoms with van der Waals surface area (Å²) in [4.78, 5) is 24.4. The molecule has 0 atom stereocenters. The number of carbonyl (C=O) groups is 2. The lowest BCUT2D eigenvalue weighted by atomic mass is 10.1. The van der Waals surface area contributed by atoms with Gasteiger partial charge in [0.05, 0.1) is 17.7 Å². The molecule has 2 aromatic rings. The molecule has 1 amide bonds. The van der Waals surface area contributed by atoms with Gasteiger partial charge in [-0.2, -0.15) is 13.2 Å². The molecule has 0 aromatic heterocycles. The van der Waals surface area contributed by atoms with Gasteiger partial charge in [-0.1, -0.05) is 29.8 Å². The molecular formula is C18H15ClF3NO3S. The number of hydrogen-bond acceptors (Lipinski definition) is 4. The van der Waals surface area contributed by atoms with Crippen molar-refractivity contribution in [1.29, 1.82) is 0 Å². The number of thioether (sulfide) groups is 1. The topological polar surface area (TPSA) is 55.4 Å². The SMILES string of the molecule is O=C(COC(=O)CCSc1ccccc1)Nc1ccc(Cl)cc1C(F)(F)F. The summed E-state index contributed by atoms with van der Waals surface area (Å²) in [5.74, 6) is -1.02. The predicted octanol–water partition coefficient (Wildman–Crippen LogP) is 5.02. The molecule has 0 bridgehead atoms. The molecule has 0 spiro atoms. The van der Waals surface area contributed by atoms with Crippen molar-refractivity contribution in [2.24, 2.45) is 0 Å². The van der Waals surface area contributed by atoms with E-state index in [9.17, 15) is 22.8 Å². The summed E-state index contributed by atoms with van der Waals surface area (Å²) in [5.41, 5.74) is -1.53. The van der Waals surface area contributed by atoms with Crippen molar-refractivity contribution in [2.75, 3.05) is 17.7 Å². The zero-order chi connectivity index (χ0) is 19.9. The van der Waals surface area contributed by atoms with E-state index in [1.165, 1.54) is 17.8 Å². The van der Waals surface area contributed by atoms with Gasteiger partial charge in [0.2, 0.25) is 0 Å². The summed E-state index contributed by atoms with van der Waals surface area (Å²) in [5, 5.41) is 1.97. The Kier molecular flexibility index (Phi) is 7.55. The largest absolute Gasteiger partial charge is 0.456 e. The molecule has 0 radical (unpaired) electrons. The van der Waals surface area contributed by atoms with E-state index in [2.05, 4.69) is 5.32 Å². The van der Waals surface area contributed by atoms with Gasteiger partial charge in [-0.25, -0.2) is 0 Å². The van der Waals surface area contributed by atoms with Crippen molar-refractivity contribution < 1.29 is 27.5 Å². The van der Waals surface area contributed by atoms with Crippen molar-refractivity contribution in [2.45, 2.75) is 17.5 Å². The van der Waals surface area contributed by atoms with Crippen molar-refractivity contribution in [1.82, 2.24) is 0 Å². The van der Waals surface area contributed by atoms with Crippen molar-refractivity contribution >= 4 is 40.9 Å². The van der Waals surface area contributed by atoms with Crippen molar-refractivity contribution in [3.8, 4) is 0 Å². The fraction of sp³-hybridized carbons (Fsp3) is 0.222. The molecule has 0 aliphatic heterocycles. The van der Waals surface area contributed by atoms with Crippen LogP contribution in [0, 0.1) is 0 Å². The zero-order valence-electron chi connectivity index (χ0n) is 13.9. The van der Waals surface area contributed by atoms with Gasteiger partial charge in [-0.3, -0.25) is 9.59 Å². The fourth-order valence-corrected chi connectivity index (χ4v) is 3.06. The summed E-state index contributed by atoms with van der Waals surface area (Å²) in [6, 6.07) is 12.4. The molecule has 0 saturated heterocycles. The standard InChI is InChI=1S/C18H15ClF3NO3S/c19-12-6-7-15(14(10-12)18(20,21)22)23-16(24)11-26-17(25)8-9-27-13-4-2-1-3-5-13/h1-7,10H,8-9,11H2,(H,23,24). The number of nitrogens with one attached hydrogen (secondary N) is 1. The number of halogens is 4. The Morgan fingerprint density at radius 3 is 2.48 bits per heavy atom. The highest BCUT2D eigenvalue weighted by Crippen LogP contribution is 2.36. The molecule has 27 heavy (non-hydrogen) atoms. The summed E-state index contributed by atoms with van der Waals surface area (Å²) in [6.07, 6.45) is -4.61. The van der Waals surface area contributed by atoms with Crippen LogP contribution in [-0.4, -0.2) is 24.2 Å². The summed E-state index contributed by atoms with van der Waals surface area (Å²) in [7, 11) is 0. The first-order valence-electron chi connectivity index (χ1n) is 7.76. The first kappa shape index (κ1) is 21.1. The van der Waals surface area contributed by atoms with E-state index in [0.717, 1.165) is 11.0 Å². The number of ether oxygens (including phenoxy) is 1. The summed E-state index contributed by atoms with van der Waals surface area (Å²) in [6.45, 7) is -0.672. The second-order valence-corrected chi connectivity index (χ2v) is 6.91. The zero-order valence-corrected chi connectivity index (χ0v) is 15.5. The number of hydrogen-bond donors (Lipinski definition) is 1. The Morgan fingerprint density at radius 2 is 1.81 bits per heavy atom. The summed E-state index contributed by atoms with van der Waals surface area (Å²) >= 11 is 7.02. The molecule has 0 fully saturated rings. The highest BCUT2D eigenvalue weighted by Gasteiger charge is 2.34. The van der Waals surface area contributed by atoms with Crippen LogP contribution >= 0.6 is 23.4 Å². The molecule has 0 unspecified atom stereocenters. The number of amides is 1. The molecule has 2 rings (SSSR count). The van der Waals surface area contributed by atoms with E-state index >= 15 is 0 Å². The molecule has 0 heterocycles. The molecule has 2 aromatic carbocycles. The van der Waals surface area contributed by atoms with Crippen LogP contribution in [0.5, 0.6) is 0 Å². The maximum atomic E-state index is 13.0. The van der Waals surface area contributed by atoms with E-state index in [-0.39, 0.29) is 11.4 Å². The summed E-state index contributed by atoms with van der Waals surface area (Å²) < 4.78 is 43.7. The number of rotatable bonds is 7. The van der Waals surface area contributed by atoms with Crippen LogP contribution < -0.4 is 5.32 Å². The Bertz CT molecular complexity index is 800. The molecule has 0 saturated carbocycles. The fourth-order valence-electron chi connectivity index (χ4n) is 2.03. The number of benzene rings is 2. The lowest BCUT2D eigenvalue weighted by Crippen LogP contribution is -2.22. The van der Waals surface area contributed by atoms with Gasteiger partial charge in [0.15, 0.2) is 6.61 Å². The van der Waals surface area contributed by atoms with E-state index in [0.29, 0.717) is 11.8 Å². The Hall–Kier alpha value is -2.19. The van der Waals surface area contributed by atoms with Gasteiger partial charge in [0.25, 0.3) is 5.91 Å². The molecule has 0 aliphatic carbocycles. The van der Waals surface area contributed by atoms with E-state index in [1.54, 1.807) is 0 Å². The van der Waals surface area contributed by atoms with Crippen molar-refractivity contribution in [3.05, 3.63) is 59.1 Å². The second-order valence-electron chi connectivity index (χ2n) is 5.31. The second kappa shape index (κ2) is 9.66. The van der Waals surface area contributed by atoms with Crippen LogP contribution in [0.15, 0.2) is 53.4 Å². The van der Waals surface area contributed by atoms with Gasteiger partial charge >= 0.3 is 12.1 Å². The van der Waals surface area contributed by atoms with E-state index < -0.39 is 35.9 Å². The molecule has 0 aliphatic rings. The first-order chi connectivity index (χ1) is 12.8. The number of esters is 1. The predicted molar refractivity (Wildman–Crippen MR) is 97.8 cm³/mol. The molecule has 1 N–H and O–H groups in total. The average Bonchev–Trinajstić information content (AvgIpc) is 2.61. The molecular weight excluding hydrogens is 403 g/mol. The van der Waals surface area contributed by atoms with Gasteiger partial charge in [-0.05, 0) is 30.3 Å². The average molecular weight is 418 g/mol. The van der Waals surface area contributed by atoms with Crippen LogP contribution in [0.2, 0.25) is 5.02 Å². The van der Waals surface area contributed by atoms with Crippen LogP contribution in [0.1, 0.15) is 12.0 Å². The number of anilines is 1. The third-order valence-corrected chi connectivity index (χ3v) is 4.49. The lowest BCUT2D eigenvalue weighted by Gasteiger charge is -2.14. The van der Waals surface area contributed by atoms with Gasteiger partial charge in [0, 0.05) is 15.7 Å². The van der Waals surface area contributed by atoms with Gasteiger partial charge < -0.3 is 10.1 Å². The van der Waals surface area contributed by atoms with Crippen LogP contribution in [0.4, 0.5) is 18.9 Å².